The van der Waals surface area contributed by atoms with E-state index in [0.717, 1.165) is 6.54 Å². The average Bonchev–Trinajstić information content (AvgIpc) is 2.74. The molecular formula is C15H21N3O2. The van der Waals surface area contributed by atoms with Gasteiger partial charge in [0.05, 0.1) is 12.6 Å². The fourth-order valence-electron chi connectivity index (χ4n) is 2.32. The summed E-state index contributed by atoms with van der Waals surface area (Å²) < 4.78 is 4.88. The standard InChI is InChI=1S/C15H21N3O2/c1-5-20-15(19)17-14-16-13(9-18(14)4)12-8-6-7-10(2)11(12)3/h6-8,13H,5,9H2,1-4H3,(H,16,17,19). The van der Waals surface area contributed by atoms with Crippen LogP contribution in [0.15, 0.2) is 23.2 Å². The summed E-state index contributed by atoms with van der Waals surface area (Å²) in [5.74, 6) is 0.564. The number of hydrogen-bond donors (Lipinski definition) is 1. The Morgan fingerprint density at radius 3 is 2.95 bits per heavy atom. The Kier molecular flexibility index (Phi) is 4.27. The summed E-state index contributed by atoms with van der Waals surface area (Å²) in [5.41, 5.74) is 3.72. The van der Waals surface area contributed by atoms with E-state index in [1.165, 1.54) is 16.7 Å². The number of carbonyl (C=O) groups excluding carboxylic acids is 1. The molecule has 1 atom stereocenters. The molecule has 1 aromatic carbocycles. The molecule has 0 spiro atoms. The maximum absolute atomic E-state index is 11.5. The van der Waals surface area contributed by atoms with Gasteiger partial charge in [-0.25, -0.2) is 9.79 Å². The quantitative estimate of drug-likeness (QED) is 0.901. The number of guanidine groups is 1. The lowest BCUT2D eigenvalue weighted by Gasteiger charge is -2.16. The fraction of sp³-hybridized carbons (Fsp3) is 0.467. The van der Waals surface area contributed by atoms with Crippen LogP contribution in [0.5, 0.6) is 0 Å². The van der Waals surface area contributed by atoms with E-state index in [4.69, 9.17) is 4.74 Å². The average molecular weight is 275 g/mol. The Bertz CT molecular complexity index is 540. The van der Waals surface area contributed by atoms with Gasteiger partial charge in [-0.1, -0.05) is 18.2 Å². The monoisotopic (exact) mass is 275 g/mol. The molecule has 0 aromatic heterocycles. The molecule has 108 valence electrons. The van der Waals surface area contributed by atoms with E-state index < -0.39 is 6.09 Å². The summed E-state index contributed by atoms with van der Waals surface area (Å²) >= 11 is 0. The molecule has 0 saturated heterocycles. The summed E-state index contributed by atoms with van der Waals surface area (Å²) in [6.45, 7) is 7.09. The van der Waals surface area contributed by atoms with E-state index in [9.17, 15) is 4.79 Å². The van der Waals surface area contributed by atoms with Crippen LogP contribution < -0.4 is 5.32 Å². The number of likely N-dealkylation sites (N-methyl/N-ethyl adjacent to an activating group) is 1. The first-order valence-corrected chi connectivity index (χ1v) is 6.81. The molecule has 5 heteroatoms. The zero-order valence-corrected chi connectivity index (χ0v) is 12.4. The minimum atomic E-state index is -0.459. The summed E-state index contributed by atoms with van der Waals surface area (Å²) in [6, 6.07) is 6.29. The summed E-state index contributed by atoms with van der Waals surface area (Å²) in [6.07, 6.45) is -0.459. The maximum Gasteiger partial charge on any atom is 0.413 e. The molecule has 1 unspecified atom stereocenters. The van der Waals surface area contributed by atoms with Crippen LogP contribution in [-0.2, 0) is 4.74 Å². The number of ether oxygens (including phenoxy) is 1. The summed E-state index contributed by atoms with van der Waals surface area (Å²) in [5, 5.41) is 2.68. The molecule has 1 aliphatic heterocycles. The Morgan fingerprint density at radius 2 is 2.25 bits per heavy atom. The van der Waals surface area contributed by atoms with Crippen LogP contribution in [0.25, 0.3) is 0 Å². The van der Waals surface area contributed by atoms with Crippen molar-refractivity contribution in [2.45, 2.75) is 26.8 Å². The minimum Gasteiger partial charge on any atom is -0.450 e. The van der Waals surface area contributed by atoms with Gasteiger partial charge < -0.3 is 9.64 Å². The number of hydrogen-bond acceptors (Lipinski definition) is 4. The number of amides is 1. The van der Waals surface area contributed by atoms with Gasteiger partial charge in [0.1, 0.15) is 0 Å². The first kappa shape index (κ1) is 14.4. The highest BCUT2D eigenvalue weighted by molar-refractivity contribution is 5.94. The molecule has 0 aliphatic carbocycles. The van der Waals surface area contributed by atoms with E-state index in [2.05, 4.69) is 36.3 Å². The smallest absolute Gasteiger partial charge is 0.413 e. The van der Waals surface area contributed by atoms with E-state index in [-0.39, 0.29) is 6.04 Å². The van der Waals surface area contributed by atoms with Crippen LogP contribution in [0.4, 0.5) is 4.79 Å². The van der Waals surface area contributed by atoms with Crippen molar-refractivity contribution in [3.8, 4) is 0 Å². The zero-order valence-electron chi connectivity index (χ0n) is 12.4. The Labute approximate surface area is 119 Å². The number of rotatable bonds is 2. The number of alkyl carbamates (subject to hydrolysis) is 1. The van der Waals surface area contributed by atoms with Crippen LogP contribution in [0.2, 0.25) is 0 Å². The number of nitrogens with zero attached hydrogens (tertiary/aromatic N) is 2. The molecule has 5 nitrogen and oxygen atoms in total. The van der Waals surface area contributed by atoms with Crippen molar-refractivity contribution in [2.24, 2.45) is 4.99 Å². The van der Waals surface area contributed by atoms with Crippen molar-refractivity contribution in [2.75, 3.05) is 20.2 Å². The maximum atomic E-state index is 11.5. The van der Waals surface area contributed by atoms with Gasteiger partial charge in [0.2, 0.25) is 5.96 Å². The lowest BCUT2D eigenvalue weighted by Crippen LogP contribution is -2.39. The lowest BCUT2D eigenvalue weighted by molar-refractivity contribution is 0.157. The SMILES string of the molecule is CCOC(=O)NC1=NC(c2cccc(C)c2C)CN1C. The normalized spacial score (nSPS) is 17.9. The molecule has 0 radical (unpaired) electrons. The Balaban J connectivity index is 2.17. The van der Waals surface area contributed by atoms with Crippen molar-refractivity contribution in [1.29, 1.82) is 0 Å². The van der Waals surface area contributed by atoms with Crippen LogP contribution >= 0.6 is 0 Å². The molecule has 1 N–H and O–H groups in total. The highest BCUT2D eigenvalue weighted by atomic mass is 16.5. The third-order valence-corrected chi connectivity index (χ3v) is 3.58. The van der Waals surface area contributed by atoms with Crippen molar-refractivity contribution < 1.29 is 9.53 Å². The van der Waals surface area contributed by atoms with Gasteiger partial charge in [0.15, 0.2) is 0 Å². The van der Waals surface area contributed by atoms with E-state index >= 15 is 0 Å². The zero-order chi connectivity index (χ0) is 14.7. The summed E-state index contributed by atoms with van der Waals surface area (Å²) in [4.78, 5) is 18.0. The van der Waals surface area contributed by atoms with Gasteiger partial charge in [-0.2, -0.15) is 0 Å². The van der Waals surface area contributed by atoms with Gasteiger partial charge in [-0.15, -0.1) is 0 Å². The van der Waals surface area contributed by atoms with E-state index in [0.29, 0.717) is 12.6 Å². The molecule has 2 rings (SSSR count). The number of aryl methyl sites for hydroxylation is 1. The molecule has 1 amide bonds. The molecule has 0 bridgehead atoms. The number of carbonyl (C=O) groups is 1. The van der Waals surface area contributed by atoms with Gasteiger partial charge in [-0.05, 0) is 37.5 Å². The third kappa shape index (κ3) is 2.92. The molecule has 1 aromatic rings. The Hall–Kier alpha value is -2.04. The number of nitrogens with one attached hydrogen (secondary N) is 1. The van der Waals surface area contributed by atoms with Crippen LogP contribution in [-0.4, -0.2) is 37.2 Å². The van der Waals surface area contributed by atoms with E-state index in [1.807, 2.05) is 18.0 Å². The van der Waals surface area contributed by atoms with Crippen LogP contribution in [0.1, 0.15) is 29.7 Å². The third-order valence-electron chi connectivity index (χ3n) is 3.58. The van der Waals surface area contributed by atoms with Gasteiger partial charge in [0, 0.05) is 13.6 Å². The second-order valence-corrected chi connectivity index (χ2v) is 4.98. The van der Waals surface area contributed by atoms with E-state index in [1.54, 1.807) is 6.92 Å². The number of benzene rings is 1. The van der Waals surface area contributed by atoms with Crippen molar-refractivity contribution in [3.63, 3.8) is 0 Å². The minimum absolute atomic E-state index is 0.0526. The van der Waals surface area contributed by atoms with Crippen LogP contribution in [0, 0.1) is 13.8 Å². The van der Waals surface area contributed by atoms with Crippen LogP contribution in [0.3, 0.4) is 0 Å². The second kappa shape index (κ2) is 5.94. The molecule has 20 heavy (non-hydrogen) atoms. The Morgan fingerprint density at radius 1 is 1.50 bits per heavy atom. The fourth-order valence-corrected chi connectivity index (χ4v) is 2.32. The topological polar surface area (TPSA) is 53.9 Å². The first-order valence-electron chi connectivity index (χ1n) is 6.81. The summed E-state index contributed by atoms with van der Waals surface area (Å²) in [7, 11) is 1.91. The van der Waals surface area contributed by atoms with Crippen molar-refractivity contribution >= 4 is 12.1 Å². The highest BCUT2D eigenvalue weighted by Gasteiger charge is 2.26. The number of aliphatic imine (C=N–C) groups is 1. The molecular weight excluding hydrogens is 254 g/mol. The van der Waals surface area contributed by atoms with Gasteiger partial charge >= 0.3 is 6.09 Å². The van der Waals surface area contributed by atoms with Crippen molar-refractivity contribution in [1.82, 2.24) is 10.2 Å². The highest BCUT2D eigenvalue weighted by Crippen LogP contribution is 2.27. The predicted molar refractivity (Wildman–Crippen MR) is 78.9 cm³/mol. The second-order valence-electron chi connectivity index (χ2n) is 4.98. The predicted octanol–water partition coefficient (Wildman–Crippen LogP) is 2.39. The van der Waals surface area contributed by atoms with Crippen molar-refractivity contribution in [3.05, 3.63) is 34.9 Å². The van der Waals surface area contributed by atoms with Gasteiger partial charge in [-0.3, -0.25) is 5.32 Å². The van der Waals surface area contributed by atoms with Gasteiger partial charge in [0.25, 0.3) is 0 Å². The molecule has 1 aliphatic rings. The molecule has 1 heterocycles. The lowest BCUT2D eigenvalue weighted by atomic mass is 9.98. The largest absolute Gasteiger partial charge is 0.450 e. The molecule has 0 fully saturated rings. The first-order chi connectivity index (χ1) is 9.52. The molecule has 0 saturated carbocycles.